The van der Waals surface area contributed by atoms with E-state index in [0.29, 0.717) is 31.1 Å². The van der Waals surface area contributed by atoms with E-state index in [0.717, 1.165) is 0 Å². The summed E-state index contributed by atoms with van der Waals surface area (Å²) in [6.07, 6.45) is 0.660. The van der Waals surface area contributed by atoms with Gasteiger partial charge in [0.15, 0.2) is 0 Å². The minimum atomic E-state index is -3.89. The number of methoxy groups -OCH3 is 1. The van der Waals surface area contributed by atoms with Gasteiger partial charge in [0.25, 0.3) is 15.9 Å². The third-order valence-corrected chi connectivity index (χ3v) is 5.72. The van der Waals surface area contributed by atoms with Crippen molar-refractivity contribution in [2.24, 2.45) is 0 Å². The minimum absolute atomic E-state index is 0.0585. The monoisotopic (exact) mass is 440 g/mol. The van der Waals surface area contributed by atoms with Gasteiger partial charge in [-0.3, -0.25) is 9.52 Å². The van der Waals surface area contributed by atoms with Gasteiger partial charge >= 0.3 is 0 Å². The molecule has 0 aromatic heterocycles. The molecule has 3 aromatic rings. The van der Waals surface area contributed by atoms with Crippen molar-refractivity contribution in [2.45, 2.75) is 11.3 Å². The molecule has 8 heteroatoms. The van der Waals surface area contributed by atoms with Gasteiger partial charge in [0.1, 0.15) is 11.5 Å². The minimum Gasteiger partial charge on any atom is -0.457 e. The summed E-state index contributed by atoms with van der Waals surface area (Å²) < 4.78 is 38.8. The molecular formula is C23H24N2O5S. The van der Waals surface area contributed by atoms with Gasteiger partial charge in [-0.25, -0.2) is 8.42 Å². The molecule has 0 bridgehead atoms. The van der Waals surface area contributed by atoms with Crippen LogP contribution in [0, 0.1) is 0 Å². The van der Waals surface area contributed by atoms with Crippen LogP contribution in [0.2, 0.25) is 0 Å². The van der Waals surface area contributed by atoms with E-state index in [-0.39, 0.29) is 22.1 Å². The van der Waals surface area contributed by atoms with Crippen molar-refractivity contribution >= 4 is 21.6 Å². The summed E-state index contributed by atoms with van der Waals surface area (Å²) in [6, 6.07) is 21.7. The maximum atomic E-state index is 12.8. The molecule has 7 nitrogen and oxygen atoms in total. The van der Waals surface area contributed by atoms with Gasteiger partial charge in [-0.15, -0.1) is 0 Å². The van der Waals surface area contributed by atoms with Crippen LogP contribution in [0.1, 0.15) is 16.8 Å². The lowest BCUT2D eigenvalue weighted by molar-refractivity contribution is 0.0949. The first-order valence-corrected chi connectivity index (χ1v) is 11.2. The van der Waals surface area contributed by atoms with E-state index in [1.807, 2.05) is 30.3 Å². The fourth-order valence-electron chi connectivity index (χ4n) is 2.80. The molecule has 0 aliphatic heterocycles. The van der Waals surface area contributed by atoms with Crippen LogP contribution in [0.15, 0.2) is 83.8 Å². The van der Waals surface area contributed by atoms with Crippen molar-refractivity contribution in [3.63, 3.8) is 0 Å². The number of carbonyl (C=O) groups is 1. The molecule has 0 saturated heterocycles. The molecule has 0 atom stereocenters. The van der Waals surface area contributed by atoms with Crippen molar-refractivity contribution < 1.29 is 22.7 Å². The predicted octanol–water partition coefficient (Wildman–Crippen LogP) is 4.05. The molecule has 0 aliphatic carbocycles. The van der Waals surface area contributed by atoms with Gasteiger partial charge in [0.05, 0.1) is 16.1 Å². The van der Waals surface area contributed by atoms with Crippen LogP contribution >= 0.6 is 0 Å². The van der Waals surface area contributed by atoms with Gasteiger partial charge in [-0.2, -0.15) is 0 Å². The summed E-state index contributed by atoms with van der Waals surface area (Å²) in [5, 5.41) is 2.76. The molecule has 0 fully saturated rings. The average molecular weight is 441 g/mol. The largest absolute Gasteiger partial charge is 0.457 e. The highest BCUT2D eigenvalue weighted by Crippen LogP contribution is 2.24. The fourth-order valence-corrected chi connectivity index (χ4v) is 3.88. The number of hydrogen-bond acceptors (Lipinski definition) is 5. The van der Waals surface area contributed by atoms with Crippen LogP contribution in [0.25, 0.3) is 0 Å². The average Bonchev–Trinajstić information content (AvgIpc) is 2.78. The number of ether oxygens (including phenoxy) is 2. The van der Waals surface area contributed by atoms with Gasteiger partial charge in [-0.1, -0.05) is 30.3 Å². The van der Waals surface area contributed by atoms with E-state index in [2.05, 4.69) is 10.0 Å². The number of benzene rings is 3. The zero-order chi connectivity index (χ0) is 22.1. The van der Waals surface area contributed by atoms with E-state index in [1.165, 1.54) is 12.1 Å². The molecular weight excluding hydrogens is 416 g/mol. The van der Waals surface area contributed by atoms with Crippen LogP contribution < -0.4 is 14.8 Å². The molecule has 1 amide bonds. The topological polar surface area (TPSA) is 93.7 Å². The zero-order valence-corrected chi connectivity index (χ0v) is 17.9. The maximum Gasteiger partial charge on any atom is 0.261 e. The summed E-state index contributed by atoms with van der Waals surface area (Å²) in [5.74, 6) is 0.809. The third kappa shape index (κ3) is 6.31. The van der Waals surface area contributed by atoms with E-state index in [1.54, 1.807) is 43.5 Å². The number of para-hydroxylation sites is 2. The smallest absolute Gasteiger partial charge is 0.261 e. The summed E-state index contributed by atoms with van der Waals surface area (Å²) in [7, 11) is -2.30. The normalized spacial score (nSPS) is 11.0. The summed E-state index contributed by atoms with van der Waals surface area (Å²) in [5.41, 5.74) is 0.448. The SMILES string of the molecule is COCCCNC(=O)c1ccccc1NS(=O)(=O)c1ccc(Oc2ccccc2)cc1. The van der Waals surface area contributed by atoms with Crippen molar-refractivity contribution in [2.75, 3.05) is 25.0 Å². The molecule has 0 radical (unpaired) electrons. The number of carbonyl (C=O) groups excluding carboxylic acids is 1. The number of rotatable bonds is 10. The number of amides is 1. The first-order valence-electron chi connectivity index (χ1n) is 9.71. The lowest BCUT2D eigenvalue weighted by Gasteiger charge is -2.13. The first-order chi connectivity index (χ1) is 15.0. The highest BCUT2D eigenvalue weighted by atomic mass is 32.2. The standard InChI is InChI=1S/C23H24N2O5S/c1-29-17-7-16-24-23(26)21-10-5-6-11-22(21)25-31(27,28)20-14-12-19(13-15-20)30-18-8-3-2-4-9-18/h2-6,8-15,25H,7,16-17H2,1H3,(H,24,26). The Morgan fingerprint density at radius 3 is 2.23 bits per heavy atom. The van der Waals surface area contributed by atoms with Crippen LogP contribution in [0.4, 0.5) is 5.69 Å². The Morgan fingerprint density at radius 2 is 1.52 bits per heavy atom. The summed E-state index contributed by atoms with van der Waals surface area (Å²) in [6.45, 7) is 0.954. The predicted molar refractivity (Wildman–Crippen MR) is 119 cm³/mol. The van der Waals surface area contributed by atoms with Crippen LogP contribution in [-0.4, -0.2) is 34.6 Å². The molecule has 162 valence electrons. The number of anilines is 1. The molecule has 3 aromatic carbocycles. The van der Waals surface area contributed by atoms with Gasteiger partial charge in [0.2, 0.25) is 0 Å². The lowest BCUT2D eigenvalue weighted by Crippen LogP contribution is -2.26. The van der Waals surface area contributed by atoms with E-state index >= 15 is 0 Å². The van der Waals surface area contributed by atoms with Crippen LogP contribution in [0.5, 0.6) is 11.5 Å². The number of hydrogen-bond donors (Lipinski definition) is 2. The van der Waals surface area contributed by atoms with E-state index in [4.69, 9.17) is 9.47 Å². The molecule has 2 N–H and O–H groups in total. The quantitative estimate of drug-likeness (QED) is 0.464. The molecule has 31 heavy (non-hydrogen) atoms. The number of sulfonamides is 1. The molecule has 0 spiro atoms. The first kappa shape index (κ1) is 22.3. The van der Waals surface area contributed by atoms with Crippen molar-refractivity contribution in [3.05, 3.63) is 84.4 Å². The molecule has 0 unspecified atom stereocenters. The maximum absolute atomic E-state index is 12.8. The zero-order valence-electron chi connectivity index (χ0n) is 17.1. The Bertz CT molecular complexity index is 1100. The Kier molecular flexibility index (Phi) is 7.64. The van der Waals surface area contributed by atoms with Crippen LogP contribution in [-0.2, 0) is 14.8 Å². The number of nitrogens with one attached hydrogen (secondary N) is 2. The molecule has 0 heterocycles. The van der Waals surface area contributed by atoms with Crippen molar-refractivity contribution in [1.29, 1.82) is 0 Å². The fraction of sp³-hybridized carbons (Fsp3) is 0.174. The third-order valence-electron chi connectivity index (χ3n) is 4.34. The summed E-state index contributed by atoms with van der Waals surface area (Å²) in [4.78, 5) is 12.5. The van der Waals surface area contributed by atoms with Crippen LogP contribution in [0.3, 0.4) is 0 Å². The summed E-state index contributed by atoms with van der Waals surface area (Å²) >= 11 is 0. The van der Waals surface area contributed by atoms with Crippen molar-refractivity contribution in [3.8, 4) is 11.5 Å². The van der Waals surface area contributed by atoms with E-state index in [9.17, 15) is 13.2 Å². The van der Waals surface area contributed by atoms with E-state index < -0.39 is 10.0 Å². The lowest BCUT2D eigenvalue weighted by atomic mass is 10.1. The second-order valence-electron chi connectivity index (χ2n) is 6.64. The highest BCUT2D eigenvalue weighted by molar-refractivity contribution is 7.92. The Balaban J connectivity index is 1.71. The van der Waals surface area contributed by atoms with Gasteiger partial charge in [-0.05, 0) is 55.0 Å². The molecule has 0 saturated carbocycles. The molecule has 0 aliphatic rings. The molecule has 3 rings (SSSR count). The second-order valence-corrected chi connectivity index (χ2v) is 8.32. The Hall–Kier alpha value is -3.36. The van der Waals surface area contributed by atoms with Gasteiger partial charge < -0.3 is 14.8 Å². The van der Waals surface area contributed by atoms with Crippen molar-refractivity contribution in [1.82, 2.24) is 5.32 Å². The second kappa shape index (κ2) is 10.6. The van der Waals surface area contributed by atoms with Gasteiger partial charge in [0, 0.05) is 20.3 Å². The highest BCUT2D eigenvalue weighted by Gasteiger charge is 2.18. The Labute approximate surface area is 182 Å². The Morgan fingerprint density at radius 1 is 0.871 bits per heavy atom.